The minimum absolute atomic E-state index is 0.275. The Kier molecular flexibility index (Phi) is 7.94. The Hall–Kier alpha value is -3.21. The van der Waals surface area contributed by atoms with Gasteiger partial charge >= 0.3 is 0 Å². The summed E-state index contributed by atoms with van der Waals surface area (Å²) >= 11 is 0. The number of nitroso groups, excluding NO2 is 1. The number of carbonyl (C=O) groups excluding carboxylic acids is 1. The Labute approximate surface area is 202 Å². The highest BCUT2D eigenvalue weighted by atomic mass is 16.3. The van der Waals surface area contributed by atoms with Crippen LogP contribution >= 0.6 is 0 Å². The zero-order chi connectivity index (χ0) is 23.9. The second kappa shape index (κ2) is 11.3. The summed E-state index contributed by atoms with van der Waals surface area (Å²) in [6, 6.07) is 17.9. The van der Waals surface area contributed by atoms with Crippen LogP contribution in [0, 0.1) is 18.8 Å². The van der Waals surface area contributed by atoms with Crippen LogP contribution < -0.4 is 5.32 Å². The Morgan fingerprint density at radius 3 is 2.26 bits per heavy atom. The van der Waals surface area contributed by atoms with Gasteiger partial charge in [0, 0.05) is 41.7 Å². The molecule has 4 rings (SSSR count). The molecule has 178 valence electrons. The lowest BCUT2D eigenvalue weighted by Gasteiger charge is -2.41. The summed E-state index contributed by atoms with van der Waals surface area (Å²) in [6.07, 6.45) is 8.85. The summed E-state index contributed by atoms with van der Waals surface area (Å²) in [5.74, 6) is -0.530. The van der Waals surface area contributed by atoms with Gasteiger partial charge in [-0.15, -0.1) is 4.91 Å². The minimum atomic E-state index is -0.530. The smallest absolute Gasteiger partial charge is 0.286 e. The van der Waals surface area contributed by atoms with Crippen molar-refractivity contribution >= 4 is 17.2 Å². The molecule has 2 aliphatic heterocycles. The Balaban J connectivity index is 1.54. The maximum absolute atomic E-state index is 11.1. The van der Waals surface area contributed by atoms with E-state index in [2.05, 4.69) is 83.8 Å². The van der Waals surface area contributed by atoms with Crippen molar-refractivity contribution < 1.29 is 4.79 Å². The number of piperidine rings is 1. The van der Waals surface area contributed by atoms with E-state index in [0.29, 0.717) is 6.04 Å². The minimum Gasteiger partial charge on any atom is -0.376 e. The van der Waals surface area contributed by atoms with Gasteiger partial charge in [-0.05, 0) is 56.7 Å². The van der Waals surface area contributed by atoms with Gasteiger partial charge in [-0.3, -0.25) is 4.79 Å². The van der Waals surface area contributed by atoms with Gasteiger partial charge in [0.15, 0.2) is 0 Å². The van der Waals surface area contributed by atoms with Crippen LogP contribution in [0.15, 0.2) is 65.5 Å². The van der Waals surface area contributed by atoms with Gasteiger partial charge in [0.1, 0.15) is 0 Å². The molecule has 34 heavy (non-hydrogen) atoms. The van der Waals surface area contributed by atoms with Crippen molar-refractivity contribution in [2.75, 3.05) is 13.1 Å². The standard InChI is InChI=1S/C29H35N3O2/c1-21-10-14-23(15-11-21)25-20-27-26(30-29(25)24-16-12-22(2)13-17-24)8-7-19-32(27)18-6-4-3-5-9-28(33)31-34/h10-17,20,26,30H,3-9,18-19H2,1-2H3. The van der Waals surface area contributed by atoms with Crippen molar-refractivity contribution in [2.45, 2.75) is 64.8 Å². The van der Waals surface area contributed by atoms with Crippen LogP contribution in [0.3, 0.4) is 0 Å². The normalized spacial score (nSPS) is 17.6. The van der Waals surface area contributed by atoms with Gasteiger partial charge in [-0.25, -0.2) is 0 Å². The fourth-order valence-corrected chi connectivity index (χ4v) is 4.93. The predicted octanol–water partition coefficient (Wildman–Crippen LogP) is 6.37. The number of unbranched alkanes of at least 4 members (excludes halogenated alkanes) is 3. The van der Waals surface area contributed by atoms with Gasteiger partial charge in [-0.2, -0.15) is 0 Å². The number of nitrogens with zero attached hydrogens (tertiary/aromatic N) is 2. The van der Waals surface area contributed by atoms with Crippen LogP contribution in [0.1, 0.15) is 67.2 Å². The molecule has 1 N–H and O–H groups in total. The van der Waals surface area contributed by atoms with Crippen LogP contribution in [0.5, 0.6) is 0 Å². The fraction of sp³-hybridized carbons (Fsp3) is 0.414. The van der Waals surface area contributed by atoms with E-state index in [9.17, 15) is 9.70 Å². The summed E-state index contributed by atoms with van der Waals surface area (Å²) in [7, 11) is 0. The van der Waals surface area contributed by atoms with Crippen molar-refractivity contribution in [3.05, 3.63) is 87.5 Å². The number of amides is 1. The average molecular weight is 458 g/mol. The van der Waals surface area contributed by atoms with Crippen molar-refractivity contribution in [3.63, 3.8) is 0 Å². The van der Waals surface area contributed by atoms with E-state index >= 15 is 0 Å². The molecule has 2 aliphatic rings. The Morgan fingerprint density at radius 1 is 0.941 bits per heavy atom. The molecule has 0 aromatic heterocycles. The van der Waals surface area contributed by atoms with E-state index < -0.39 is 5.91 Å². The maximum atomic E-state index is 11.1. The first-order valence-corrected chi connectivity index (χ1v) is 12.5. The average Bonchev–Trinajstić information content (AvgIpc) is 2.86. The molecule has 1 saturated heterocycles. The van der Waals surface area contributed by atoms with Crippen molar-refractivity contribution in [1.82, 2.24) is 10.2 Å². The molecular formula is C29H35N3O2. The molecule has 1 atom stereocenters. The molecule has 2 heterocycles. The molecule has 2 aromatic carbocycles. The number of hydrogen-bond acceptors (Lipinski definition) is 4. The summed E-state index contributed by atoms with van der Waals surface area (Å²) in [5.41, 5.74) is 8.85. The zero-order valence-electron chi connectivity index (χ0n) is 20.3. The maximum Gasteiger partial charge on any atom is 0.286 e. The van der Waals surface area contributed by atoms with Gasteiger partial charge in [0.2, 0.25) is 0 Å². The van der Waals surface area contributed by atoms with Gasteiger partial charge in [-0.1, -0.05) is 72.5 Å². The van der Waals surface area contributed by atoms with E-state index in [0.717, 1.165) is 45.2 Å². The first-order valence-electron chi connectivity index (χ1n) is 12.5. The second-order valence-electron chi connectivity index (χ2n) is 9.57. The van der Waals surface area contributed by atoms with Crippen molar-refractivity contribution in [1.29, 1.82) is 0 Å². The topological polar surface area (TPSA) is 61.8 Å². The highest BCUT2D eigenvalue weighted by Crippen LogP contribution is 2.36. The van der Waals surface area contributed by atoms with Crippen molar-refractivity contribution in [3.8, 4) is 0 Å². The lowest BCUT2D eigenvalue weighted by Crippen LogP contribution is -2.45. The second-order valence-corrected chi connectivity index (χ2v) is 9.57. The number of likely N-dealkylation sites (tertiary alicyclic amines) is 1. The number of carbonyl (C=O) groups is 1. The molecule has 1 amide bonds. The summed E-state index contributed by atoms with van der Waals surface area (Å²) in [6.45, 7) is 6.35. The molecule has 0 spiro atoms. The van der Waals surface area contributed by atoms with Crippen LogP contribution in [0.4, 0.5) is 0 Å². The number of allylic oxidation sites excluding steroid dienone is 2. The van der Waals surface area contributed by atoms with Crippen LogP contribution in [-0.2, 0) is 4.79 Å². The third-order valence-corrected chi connectivity index (χ3v) is 6.90. The Bertz CT molecular complexity index is 1070. The van der Waals surface area contributed by atoms with Crippen LogP contribution in [-0.4, -0.2) is 29.9 Å². The number of nitrogens with one attached hydrogen (secondary N) is 1. The van der Waals surface area contributed by atoms with E-state index in [1.54, 1.807) is 0 Å². The molecule has 0 saturated carbocycles. The number of dihydropyridines is 1. The number of rotatable bonds is 9. The molecule has 5 heteroatoms. The fourth-order valence-electron chi connectivity index (χ4n) is 4.93. The number of benzene rings is 2. The van der Waals surface area contributed by atoms with E-state index in [-0.39, 0.29) is 6.42 Å². The van der Waals surface area contributed by atoms with Crippen LogP contribution in [0.2, 0.25) is 0 Å². The quantitative estimate of drug-likeness (QED) is 0.351. The first-order chi connectivity index (χ1) is 16.5. The summed E-state index contributed by atoms with van der Waals surface area (Å²) in [5, 5.41) is 6.38. The molecule has 1 fully saturated rings. The summed E-state index contributed by atoms with van der Waals surface area (Å²) < 4.78 is 0. The van der Waals surface area contributed by atoms with E-state index in [1.807, 2.05) is 0 Å². The van der Waals surface area contributed by atoms with Crippen molar-refractivity contribution in [2.24, 2.45) is 5.18 Å². The number of hydrogen-bond donors (Lipinski definition) is 1. The highest BCUT2D eigenvalue weighted by Gasteiger charge is 2.30. The zero-order valence-corrected chi connectivity index (χ0v) is 20.3. The predicted molar refractivity (Wildman–Crippen MR) is 139 cm³/mol. The van der Waals surface area contributed by atoms with Gasteiger partial charge in [0.25, 0.3) is 5.91 Å². The molecule has 0 bridgehead atoms. The summed E-state index contributed by atoms with van der Waals surface area (Å²) in [4.78, 5) is 23.8. The molecule has 0 radical (unpaired) electrons. The van der Waals surface area contributed by atoms with E-state index in [1.165, 1.54) is 45.6 Å². The van der Waals surface area contributed by atoms with E-state index in [4.69, 9.17) is 0 Å². The SMILES string of the molecule is Cc1ccc(C2=C(c3ccc(C)cc3)NC3CCCN(CCCCCCC(=O)N=O)C3=C2)cc1. The highest BCUT2D eigenvalue weighted by molar-refractivity contribution is 5.96. The number of aryl methyl sites for hydroxylation is 2. The lowest BCUT2D eigenvalue weighted by molar-refractivity contribution is -0.118. The molecule has 5 nitrogen and oxygen atoms in total. The lowest BCUT2D eigenvalue weighted by atomic mass is 9.89. The first kappa shape index (κ1) is 23.9. The van der Waals surface area contributed by atoms with Gasteiger partial charge in [0.05, 0.1) is 6.04 Å². The van der Waals surface area contributed by atoms with Crippen LogP contribution in [0.25, 0.3) is 11.3 Å². The van der Waals surface area contributed by atoms with Gasteiger partial charge < -0.3 is 10.2 Å². The molecule has 0 aliphatic carbocycles. The molecular weight excluding hydrogens is 422 g/mol. The third kappa shape index (κ3) is 5.82. The molecule has 2 aromatic rings. The Morgan fingerprint density at radius 2 is 1.59 bits per heavy atom. The number of fused-ring (bicyclic) bond motifs is 1. The monoisotopic (exact) mass is 457 g/mol. The largest absolute Gasteiger partial charge is 0.376 e. The molecule has 1 unspecified atom stereocenters. The third-order valence-electron chi connectivity index (χ3n) is 6.90.